The number of amidine groups is 1. The molecule has 0 aromatic heterocycles. The summed E-state index contributed by atoms with van der Waals surface area (Å²) >= 11 is 0. The molecular weight excluding hydrogens is 586 g/mol. The van der Waals surface area contributed by atoms with E-state index in [9.17, 15) is 19.2 Å². The van der Waals surface area contributed by atoms with Gasteiger partial charge < -0.3 is 20.1 Å². The second kappa shape index (κ2) is 15.2. The quantitative estimate of drug-likeness (QED) is 0.197. The van der Waals surface area contributed by atoms with E-state index in [1.807, 2.05) is 60.7 Å². The van der Waals surface area contributed by atoms with Crippen molar-refractivity contribution < 1.29 is 28.7 Å². The van der Waals surface area contributed by atoms with Gasteiger partial charge in [-0.1, -0.05) is 84.9 Å². The Morgan fingerprint density at radius 3 is 2.17 bits per heavy atom. The number of nitrogens with zero attached hydrogens (tertiary/aromatic N) is 1. The fraction of sp³-hybridized carbons (Fsp3) is 0.343. The summed E-state index contributed by atoms with van der Waals surface area (Å²) in [5, 5.41) is 16.1. The third-order valence-corrected chi connectivity index (χ3v) is 7.40. The van der Waals surface area contributed by atoms with Crippen LogP contribution in [0, 0.1) is 5.41 Å². The SMILES string of the molecule is C[C@H](NC(=O)[C@H]1C[C@H](c2ccccc2)CN1C(=O)OC(C)(C)C)C(=O)NCc1ccc(C(=N)NC(=O)OCc2ccccc2)cc1. The first-order valence-corrected chi connectivity index (χ1v) is 15.2. The molecule has 0 spiro atoms. The van der Waals surface area contributed by atoms with Crippen LogP contribution in [0.5, 0.6) is 0 Å². The molecule has 3 aromatic rings. The summed E-state index contributed by atoms with van der Waals surface area (Å²) in [5.41, 5.74) is 2.36. The number of benzene rings is 3. The summed E-state index contributed by atoms with van der Waals surface area (Å²) in [5.74, 6) is -0.987. The molecule has 11 heteroatoms. The number of amides is 4. The van der Waals surface area contributed by atoms with Crippen molar-refractivity contribution >= 4 is 29.8 Å². The highest BCUT2D eigenvalue weighted by atomic mass is 16.6. The first kappa shape index (κ1) is 33.7. The van der Waals surface area contributed by atoms with E-state index in [4.69, 9.17) is 14.9 Å². The van der Waals surface area contributed by atoms with Gasteiger partial charge in [0.25, 0.3) is 0 Å². The number of carbonyl (C=O) groups excluding carboxylic acids is 4. The van der Waals surface area contributed by atoms with Crippen LogP contribution >= 0.6 is 0 Å². The molecule has 0 bridgehead atoms. The maximum absolute atomic E-state index is 13.4. The van der Waals surface area contributed by atoms with Gasteiger partial charge in [-0.25, -0.2) is 9.59 Å². The number of likely N-dealkylation sites (tertiary alicyclic amines) is 1. The highest BCUT2D eigenvalue weighted by Gasteiger charge is 2.42. The van der Waals surface area contributed by atoms with Gasteiger partial charge in [0.1, 0.15) is 30.1 Å². The van der Waals surface area contributed by atoms with Gasteiger partial charge in [0.2, 0.25) is 11.8 Å². The van der Waals surface area contributed by atoms with E-state index in [1.165, 1.54) is 4.90 Å². The molecule has 0 radical (unpaired) electrons. The summed E-state index contributed by atoms with van der Waals surface area (Å²) in [7, 11) is 0. The maximum Gasteiger partial charge on any atom is 0.413 e. The fourth-order valence-corrected chi connectivity index (χ4v) is 5.01. The summed E-state index contributed by atoms with van der Waals surface area (Å²) < 4.78 is 10.7. The van der Waals surface area contributed by atoms with Crippen molar-refractivity contribution in [1.82, 2.24) is 20.9 Å². The van der Waals surface area contributed by atoms with E-state index < -0.39 is 41.7 Å². The van der Waals surface area contributed by atoms with Gasteiger partial charge in [-0.3, -0.25) is 25.2 Å². The Hall–Kier alpha value is -5.19. The Labute approximate surface area is 269 Å². The normalized spacial score (nSPS) is 16.6. The Balaban J connectivity index is 1.27. The van der Waals surface area contributed by atoms with Crippen molar-refractivity contribution in [2.75, 3.05) is 6.54 Å². The Kier molecular flexibility index (Phi) is 11.1. The zero-order chi connectivity index (χ0) is 33.3. The van der Waals surface area contributed by atoms with Gasteiger partial charge >= 0.3 is 12.2 Å². The summed E-state index contributed by atoms with van der Waals surface area (Å²) in [6.07, 6.45) is -0.896. The highest BCUT2D eigenvalue weighted by molar-refractivity contribution is 6.04. The first-order chi connectivity index (χ1) is 21.9. The highest BCUT2D eigenvalue weighted by Crippen LogP contribution is 2.33. The zero-order valence-corrected chi connectivity index (χ0v) is 26.5. The lowest BCUT2D eigenvalue weighted by atomic mass is 9.96. The third-order valence-electron chi connectivity index (χ3n) is 7.40. The number of alkyl carbamates (subject to hydrolysis) is 1. The molecule has 4 amide bonds. The lowest BCUT2D eigenvalue weighted by Crippen LogP contribution is -2.52. The minimum absolute atomic E-state index is 0.0480. The smallest absolute Gasteiger partial charge is 0.413 e. The Morgan fingerprint density at radius 2 is 1.54 bits per heavy atom. The number of nitrogens with one attached hydrogen (secondary N) is 4. The van der Waals surface area contributed by atoms with Crippen molar-refractivity contribution in [2.24, 2.45) is 0 Å². The van der Waals surface area contributed by atoms with E-state index in [-0.39, 0.29) is 24.9 Å². The molecule has 3 atom stereocenters. The standard InChI is InChI=1S/C35H41N5O6/c1-23(38-32(42)29-19-28(26-13-9-6-10-14-26)21-40(29)34(44)46-35(2,3)4)31(41)37-20-24-15-17-27(18-16-24)30(36)39-33(43)45-22-25-11-7-5-8-12-25/h5-18,23,28-29H,19-22H2,1-4H3,(H,37,41)(H,38,42)(H2,36,39,43)/t23-,28-,29+/m0/s1. The predicted molar refractivity (Wildman–Crippen MR) is 173 cm³/mol. The zero-order valence-electron chi connectivity index (χ0n) is 26.5. The minimum atomic E-state index is -0.859. The van der Waals surface area contributed by atoms with Crippen LogP contribution < -0.4 is 16.0 Å². The predicted octanol–water partition coefficient (Wildman–Crippen LogP) is 4.85. The number of hydrogen-bond donors (Lipinski definition) is 4. The lowest BCUT2D eigenvalue weighted by molar-refractivity contribution is -0.131. The number of rotatable bonds is 9. The van der Waals surface area contributed by atoms with Gasteiger partial charge in [0.15, 0.2) is 0 Å². The van der Waals surface area contributed by atoms with Crippen LogP contribution in [0.25, 0.3) is 0 Å². The average Bonchev–Trinajstić information content (AvgIpc) is 3.49. The lowest BCUT2D eigenvalue weighted by Gasteiger charge is -2.28. The third kappa shape index (κ3) is 9.65. The topological polar surface area (TPSA) is 150 Å². The molecule has 242 valence electrons. The van der Waals surface area contributed by atoms with Gasteiger partial charge in [-0.15, -0.1) is 0 Å². The number of ether oxygens (including phenoxy) is 2. The van der Waals surface area contributed by atoms with Crippen LogP contribution in [0.2, 0.25) is 0 Å². The van der Waals surface area contributed by atoms with Crippen LogP contribution in [0.3, 0.4) is 0 Å². The molecule has 1 aliphatic rings. The van der Waals surface area contributed by atoms with Crippen LogP contribution in [-0.4, -0.2) is 59.0 Å². The molecule has 0 saturated carbocycles. The van der Waals surface area contributed by atoms with E-state index >= 15 is 0 Å². The van der Waals surface area contributed by atoms with Gasteiger partial charge in [0.05, 0.1) is 0 Å². The van der Waals surface area contributed by atoms with E-state index in [0.29, 0.717) is 18.5 Å². The molecule has 11 nitrogen and oxygen atoms in total. The molecule has 46 heavy (non-hydrogen) atoms. The van der Waals surface area contributed by atoms with E-state index in [0.717, 1.165) is 16.7 Å². The molecule has 1 aliphatic heterocycles. The average molecular weight is 628 g/mol. The second-order valence-corrected chi connectivity index (χ2v) is 12.2. The Bertz CT molecular complexity index is 1520. The van der Waals surface area contributed by atoms with Crippen molar-refractivity contribution in [3.8, 4) is 0 Å². The monoisotopic (exact) mass is 627 g/mol. The molecule has 4 N–H and O–H groups in total. The van der Waals surface area contributed by atoms with Crippen molar-refractivity contribution in [3.63, 3.8) is 0 Å². The van der Waals surface area contributed by atoms with Crippen LogP contribution in [-0.2, 0) is 32.2 Å². The Morgan fingerprint density at radius 1 is 0.913 bits per heavy atom. The minimum Gasteiger partial charge on any atom is -0.444 e. The van der Waals surface area contributed by atoms with Crippen LogP contribution in [0.1, 0.15) is 62.3 Å². The van der Waals surface area contributed by atoms with Gasteiger partial charge in [-0.2, -0.15) is 0 Å². The largest absolute Gasteiger partial charge is 0.444 e. The van der Waals surface area contributed by atoms with Crippen molar-refractivity contribution in [2.45, 2.75) is 70.9 Å². The molecule has 3 aromatic carbocycles. The van der Waals surface area contributed by atoms with Gasteiger partial charge in [0, 0.05) is 24.6 Å². The molecule has 1 saturated heterocycles. The van der Waals surface area contributed by atoms with Crippen molar-refractivity contribution in [3.05, 3.63) is 107 Å². The molecule has 1 fully saturated rings. The first-order valence-electron chi connectivity index (χ1n) is 15.2. The van der Waals surface area contributed by atoms with Crippen molar-refractivity contribution in [1.29, 1.82) is 5.41 Å². The number of hydrogen-bond acceptors (Lipinski definition) is 7. The molecule has 0 aliphatic carbocycles. The summed E-state index contributed by atoms with van der Waals surface area (Å²) in [4.78, 5) is 52.8. The van der Waals surface area contributed by atoms with E-state index in [2.05, 4.69) is 16.0 Å². The van der Waals surface area contributed by atoms with Crippen LogP contribution in [0.4, 0.5) is 9.59 Å². The second-order valence-electron chi connectivity index (χ2n) is 12.2. The number of carbonyl (C=O) groups is 4. The summed E-state index contributed by atoms with van der Waals surface area (Å²) in [6.45, 7) is 7.51. The molecule has 1 heterocycles. The maximum atomic E-state index is 13.4. The molecule has 0 unspecified atom stereocenters. The van der Waals surface area contributed by atoms with Crippen LogP contribution in [0.15, 0.2) is 84.9 Å². The molecular formula is C35H41N5O6. The van der Waals surface area contributed by atoms with E-state index in [1.54, 1.807) is 52.0 Å². The molecule has 4 rings (SSSR count). The van der Waals surface area contributed by atoms with Gasteiger partial charge in [-0.05, 0) is 50.8 Å². The summed E-state index contributed by atoms with van der Waals surface area (Å²) in [6, 6.07) is 24.1. The fourth-order valence-electron chi connectivity index (χ4n) is 5.01.